The summed E-state index contributed by atoms with van der Waals surface area (Å²) in [5, 5.41) is 11.8. The summed E-state index contributed by atoms with van der Waals surface area (Å²) in [6, 6.07) is 26.3. The van der Waals surface area contributed by atoms with Crippen LogP contribution in [0.5, 0.6) is 0 Å². The van der Waals surface area contributed by atoms with Crippen LogP contribution in [-0.2, 0) is 30.3 Å². The van der Waals surface area contributed by atoms with Crippen molar-refractivity contribution in [3.8, 4) is 10.6 Å². The first-order chi connectivity index (χ1) is 15.8. The van der Waals surface area contributed by atoms with Crippen molar-refractivity contribution in [2.45, 2.75) is 33.1 Å². The fourth-order valence-electron chi connectivity index (χ4n) is 3.91. The molecule has 5 rings (SSSR count). The molecule has 0 unspecified atom stereocenters. The number of benzene rings is 3. The van der Waals surface area contributed by atoms with Gasteiger partial charge in [-0.25, -0.2) is 4.99 Å². The number of aliphatic hydroxyl groups is 1. The van der Waals surface area contributed by atoms with Crippen LogP contribution in [0.3, 0.4) is 0 Å². The van der Waals surface area contributed by atoms with Crippen molar-refractivity contribution < 1.29 is 30.0 Å². The number of carbonyl (C=O) groups is 1. The van der Waals surface area contributed by atoms with Crippen molar-refractivity contribution in [1.29, 1.82) is 0 Å². The molecule has 34 heavy (non-hydrogen) atoms. The third-order valence-electron chi connectivity index (χ3n) is 5.38. The van der Waals surface area contributed by atoms with Crippen LogP contribution in [0.2, 0.25) is 0 Å². The van der Waals surface area contributed by atoms with Crippen LogP contribution >= 0.6 is 11.3 Å². The van der Waals surface area contributed by atoms with Crippen molar-refractivity contribution in [3.63, 3.8) is 0 Å². The molecule has 6 heteroatoms. The van der Waals surface area contributed by atoms with Crippen molar-refractivity contribution in [1.82, 2.24) is 4.98 Å². The van der Waals surface area contributed by atoms with Crippen LogP contribution in [0.4, 0.5) is 5.82 Å². The Kier molecular flexibility index (Phi) is 7.98. The maximum absolute atomic E-state index is 10.0. The van der Waals surface area contributed by atoms with E-state index in [-0.39, 0.29) is 37.1 Å². The molecule has 0 spiro atoms. The fraction of sp³-hybridized carbons (Fsp3) is 0.179. The molecule has 4 aromatic rings. The normalized spacial score (nSPS) is 13.9. The van der Waals surface area contributed by atoms with Gasteiger partial charge in [0.05, 0.1) is 16.3 Å². The third-order valence-corrected chi connectivity index (χ3v) is 6.77. The molecule has 1 aromatic heterocycles. The average Bonchev–Trinajstić information content (AvgIpc) is 3.31. The van der Waals surface area contributed by atoms with Crippen molar-refractivity contribution >= 4 is 39.4 Å². The second-order valence-corrected chi connectivity index (χ2v) is 9.46. The van der Waals surface area contributed by atoms with E-state index in [1.165, 1.54) is 41.1 Å². The Morgan fingerprint density at radius 3 is 2.32 bits per heavy atom. The monoisotopic (exact) mass is 646 g/mol. The average molecular weight is 646 g/mol. The first-order valence-electron chi connectivity index (χ1n) is 10.7. The minimum absolute atomic E-state index is 0. The molecule has 0 bridgehead atoms. The van der Waals surface area contributed by atoms with Gasteiger partial charge in [-0.2, -0.15) is 11.3 Å². The Labute approximate surface area is 217 Å². The van der Waals surface area contributed by atoms with Gasteiger partial charge in [0.15, 0.2) is 11.6 Å². The number of aliphatic hydroxyl groups excluding tert-OH is 1. The second kappa shape index (κ2) is 10.6. The summed E-state index contributed by atoms with van der Waals surface area (Å²) in [6.45, 7) is 7.32. The van der Waals surface area contributed by atoms with Gasteiger partial charge in [0.1, 0.15) is 0 Å². The summed E-state index contributed by atoms with van der Waals surface area (Å²) in [7, 11) is 0. The number of rotatable bonds is 3. The SMILES string of the molecule is CC(=O)/C=C(/C)O.CC1(C)C(c2ccccc2)=Nc2nc(-c3[c-]ccc4ccccc34)sc21.[Ir]. The van der Waals surface area contributed by atoms with E-state index in [0.29, 0.717) is 0 Å². The van der Waals surface area contributed by atoms with Crippen LogP contribution in [0, 0.1) is 6.07 Å². The summed E-state index contributed by atoms with van der Waals surface area (Å²) >= 11 is 1.74. The van der Waals surface area contributed by atoms with E-state index < -0.39 is 0 Å². The van der Waals surface area contributed by atoms with Gasteiger partial charge >= 0.3 is 0 Å². The van der Waals surface area contributed by atoms with Crippen molar-refractivity contribution in [2.75, 3.05) is 0 Å². The van der Waals surface area contributed by atoms with Crippen LogP contribution < -0.4 is 0 Å². The Bertz CT molecular complexity index is 1380. The van der Waals surface area contributed by atoms with E-state index >= 15 is 0 Å². The molecule has 0 atom stereocenters. The first-order valence-corrected chi connectivity index (χ1v) is 11.5. The Hall–Kier alpha value is -2.92. The summed E-state index contributed by atoms with van der Waals surface area (Å²) < 4.78 is 0. The van der Waals surface area contributed by atoms with Gasteiger partial charge in [0.2, 0.25) is 0 Å². The molecule has 1 aliphatic heterocycles. The molecule has 175 valence electrons. The molecule has 0 saturated carbocycles. The van der Waals surface area contributed by atoms with Gasteiger partial charge in [-0.1, -0.05) is 60.0 Å². The Morgan fingerprint density at radius 2 is 1.71 bits per heavy atom. The van der Waals surface area contributed by atoms with Crippen LogP contribution in [0.25, 0.3) is 21.3 Å². The van der Waals surface area contributed by atoms with E-state index in [9.17, 15) is 4.79 Å². The molecule has 0 saturated heterocycles. The number of aliphatic imine (C=N–C) groups is 1. The molecule has 1 radical (unpaired) electrons. The largest absolute Gasteiger partial charge is 0.512 e. The number of aromatic nitrogens is 1. The molecule has 3 aromatic carbocycles. The van der Waals surface area contributed by atoms with Gasteiger partial charge in [-0.15, -0.1) is 29.1 Å². The Balaban J connectivity index is 0.000000357. The van der Waals surface area contributed by atoms with E-state index in [2.05, 4.69) is 74.5 Å². The van der Waals surface area contributed by atoms with Gasteiger partial charge in [0.25, 0.3) is 0 Å². The molecule has 1 aliphatic rings. The van der Waals surface area contributed by atoms with Gasteiger partial charge in [0, 0.05) is 36.6 Å². The molecular weight excluding hydrogens is 621 g/mol. The minimum atomic E-state index is -0.142. The number of ketones is 1. The van der Waals surface area contributed by atoms with E-state index in [1.54, 1.807) is 11.3 Å². The Morgan fingerprint density at radius 1 is 1.03 bits per heavy atom. The smallest absolute Gasteiger partial charge is 0.157 e. The molecule has 1 N–H and O–H groups in total. The zero-order chi connectivity index (χ0) is 23.6. The quantitative estimate of drug-likeness (QED) is 0.146. The number of carbonyl (C=O) groups excluding carboxylic acids is 1. The molecule has 2 heterocycles. The molecule has 0 amide bonds. The molecule has 0 fully saturated rings. The predicted molar refractivity (Wildman–Crippen MR) is 137 cm³/mol. The van der Waals surface area contributed by atoms with Gasteiger partial charge in [-0.3, -0.25) is 9.78 Å². The van der Waals surface area contributed by atoms with Crippen molar-refractivity contribution in [3.05, 3.63) is 95.1 Å². The van der Waals surface area contributed by atoms with Crippen LogP contribution in [0.1, 0.15) is 38.1 Å². The maximum atomic E-state index is 10.0. The first kappa shape index (κ1) is 25.7. The van der Waals surface area contributed by atoms with Crippen LogP contribution in [0.15, 0.2) is 83.6 Å². The maximum Gasteiger partial charge on any atom is 0.157 e. The zero-order valence-corrected chi connectivity index (χ0v) is 22.6. The number of nitrogens with zero attached hydrogens (tertiary/aromatic N) is 2. The summed E-state index contributed by atoms with van der Waals surface area (Å²) in [6.07, 6.45) is 1.17. The summed E-state index contributed by atoms with van der Waals surface area (Å²) in [4.78, 5) is 21.0. The van der Waals surface area contributed by atoms with E-state index in [4.69, 9.17) is 15.1 Å². The van der Waals surface area contributed by atoms with Crippen LogP contribution in [-0.4, -0.2) is 21.6 Å². The number of fused-ring (bicyclic) bond motifs is 2. The number of allylic oxidation sites excluding steroid dienone is 2. The second-order valence-electron chi connectivity index (χ2n) is 8.46. The number of thiazole rings is 1. The molecule has 4 nitrogen and oxygen atoms in total. The fourth-order valence-corrected chi connectivity index (χ4v) is 5.04. The van der Waals surface area contributed by atoms with Gasteiger partial charge in [-0.05, 0) is 33.3 Å². The van der Waals surface area contributed by atoms with Crippen molar-refractivity contribution in [2.24, 2.45) is 4.99 Å². The predicted octanol–water partition coefficient (Wildman–Crippen LogP) is 7.21. The summed E-state index contributed by atoms with van der Waals surface area (Å²) in [5.41, 5.74) is 3.19. The minimum Gasteiger partial charge on any atom is -0.512 e. The zero-order valence-electron chi connectivity index (χ0n) is 19.4. The standard InChI is InChI=1S/C23H17N2S.C5H8O2.Ir/c1-23(2)19(16-10-4-3-5-11-16)24-21-20(23)26-22(25-21)18-14-8-12-15-9-6-7-13-17(15)18;1-4(6)3-5(2)7;/h3-13H,1-2H3;3,6H,1-2H3;/q-1;;/b;4-3-;. The number of hydrogen-bond acceptors (Lipinski definition) is 5. The topological polar surface area (TPSA) is 62.5 Å². The molecule has 0 aliphatic carbocycles. The number of hydrogen-bond donors (Lipinski definition) is 1. The van der Waals surface area contributed by atoms with E-state index in [0.717, 1.165) is 22.1 Å². The molecular formula is C28H25IrN2O2S-. The summed E-state index contributed by atoms with van der Waals surface area (Å²) in [5.74, 6) is 0.794. The van der Waals surface area contributed by atoms with Gasteiger partial charge < -0.3 is 5.11 Å². The van der Waals surface area contributed by atoms with E-state index in [1.807, 2.05) is 12.1 Å². The third kappa shape index (κ3) is 5.25.